The van der Waals surface area contributed by atoms with Crippen molar-refractivity contribution >= 4 is 17.8 Å². The van der Waals surface area contributed by atoms with Gasteiger partial charge >= 0.3 is 5.97 Å². The summed E-state index contributed by atoms with van der Waals surface area (Å²) in [6.07, 6.45) is 5.42. The molecule has 3 heteroatoms. The highest BCUT2D eigenvalue weighted by Gasteiger charge is 2.25. The van der Waals surface area contributed by atoms with Crippen LogP contribution < -0.4 is 0 Å². The minimum Gasteiger partial charge on any atom is -0.465 e. The van der Waals surface area contributed by atoms with Gasteiger partial charge in [0.2, 0.25) is 0 Å². The van der Waals surface area contributed by atoms with E-state index in [1.54, 1.807) is 6.92 Å². The molecule has 108 valence electrons. The lowest BCUT2D eigenvalue weighted by Gasteiger charge is -2.14. The first-order chi connectivity index (χ1) is 9.60. The number of hydrogen-bond donors (Lipinski definition) is 0. The van der Waals surface area contributed by atoms with Crippen molar-refractivity contribution in [2.45, 2.75) is 33.6 Å². The number of carbonyl (C=O) groups is 2. The van der Waals surface area contributed by atoms with Crippen molar-refractivity contribution in [1.29, 1.82) is 0 Å². The van der Waals surface area contributed by atoms with Gasteiger partial charge in [0.15, 0.2) is 0 Å². The molecule has 1 rings (SSSR count). The molecular weight excluding hydrogens is 252 g/mol. The van der Waals surface area contributed by atoms with Crippen molar-refractivity contribution in [3.05, 3.63) is 41.5 Å². The smallest absolute Gasteiger partial charge is 0.316 e. The number of rotatable bonds is 7. The molecule has 0 bridgehead atoms. The molecule has 0 saturated heterocycles. The van der Waals surface area contributed by atoms with Crippen LogP contribution in [0.4, 0.5) is 0 Å². The van der Waals surface area contributed by atoms with E-state index in [0.717, 1.165) is 17.5 Å². The van der Waals surface area contributed by atoms with Crippen LogP contribution in [-0.2, 0) is 20.7 Å². The van der Waals surface area contributed by atoms with Gasteiger partial charge in [0.25, 0.3) is 0 Å². The maximum absolute atomic E-state index is 11.9. The zero-order chi connectivity index (χ0) is 15.0. The normalized spacial score (nSPS) is 12.3. The van der Waals surface area contributed by atoms with Gasteiger partial charge in [0, 0.05) is 0 Å². The molecular formula is C17H22O3. The molecule has 0 aliphatic carbocycles. The SMILES string of the molecule is CC/C=C\c1ccccc1CC(C(C)=O)C(=O)OCC. The van der Waals surface area contributed by atoms with Crippen molar-refractivity contribution in [2.24, 2.45) is 5.92 Å². The lowest BCUT2D eigenvalue weighted by molar-refractivity contribution is -0.151. The maximum Gasteiger partial charge on any atom is 0.316 e. The average Bonchev–Trinajstić information content (AvgIpc) is 2.43. The second kappa shape index (κ2) is 8.31. The quantitative estimate of drug-likeness (QED) is 0.565. The van der Waals surface area contributed by atoms with Gasteiger partial charge in [-0.05, 0) is 37.8 Å². The largest absolute Gasteiger partial charge is 0.465 e. The molecule has 0 aliphatic rings. The molecule has 3 nitrogen and oxygen atoms in total. The van der Waals surface area contributed by atoms with E-state index in [2.05, 4.69) is 13.0 Å². The number of Topliss-reactive ketones (excluding diaryl/α,β-unsaturated/α-hetero) is 1. The molecule has 1 aromatic carbocycles. The van der Waals surface area contributed by atoms with E-state index in [1.165, 1.54) is 6.92 Å². The lowest BCUT2D eigenvalue weighted by Crippen LogP contribution is -2.26. The van der Waals surface area contributed by atoms with Crippen LogP contribution in [0.25, 0.3) is 6.08 Å². The molecule has 0 amide bonds. The first kappa shape index (κ1) is 16.2. The van der Waals surface area contributed by atoms with Crippen LogP contribution in [0.5, 0.6) is 0 Å². The van der Waals surface area contributed by atoms with Crippen LogP contribution in [0.1, 0.15) is 38.3 Å². The van der Waals surface area contributed by atoms with E-state index < -0.39 is 11.9 Å². The first-order valence-corrected chi connectivity index (χ1v) is 7.01. The number of ketones is 1. The van der Waals surface area contributed by atoms with Gasteiger partial charge in [0.1, 0.15) is 11.7 Å². The highest BCUT2D eigenvalue weighted by molar-refractivity contribution is 5.98. The number of esters is 1. The Morgan fingerprint density at radius 1 is 1.25 bits per heavy atom. The van der Waals surface area contributed by atoms with Crippen LogP contribution in [0.15, 0.2) is 30.3 Å². The molecule has 0 aromatic heterocycles. The van der Waals surface area contributed by atoms with Crippen LogP contribution in [-0.4, -0.2) is 18.4 Å². The summed E-state index contributed by atoms with van der Waals surface area (Å²) in [7, 11) is 0. The summed E-state index contributed by atoms with van der Waals surface area (Å²) in [5.41, 5.74) is 2.04. The highest BCUT2D eigenvalue weighted by Crippen LogP contribution is 2.18. The molecule has 0 radical (unpaired) electrons. The van der Waals surface area contributed by atoms with Crippen LogP contribution in [0, 0.1) is 5.92 Å². The molecule has 1 aromatic rings. The van der Waals surface area contributed by atoms with E-state index in [-0.39, 0.29) is 5.78 Å². The Labute approximate surface area is 120 Å². The van der Waals surface area contributed by atoms with E-state index in [9.17, 15) is 9.59 Å². The van der Waals surface area contributed by atoms with Crippen molar-refractivity contribution in [3.8, 4) is 0 Å². The molecule has 0 aliphatic heterocycles. The van der Waals surface area contributed by atoms with Crippen molar-refractivity contribution < 1.29 is 14.3 Å². The lowest BCUT2D eigenvalue weighted by atomic mass is 9.93. The molecule has 0 fully saturated rings. The van der Waals surface area contributed by atoms with E-state index in [4.69, 9.17) is 4.74 Å². The fourth-order valence-corrected chi connectivity index (χ4v) is 1.98. The monoisotopic (exact) mass is 274 g/mol. The molecule has 1 unspecified atom stereocenters. The minimum absolute atomic E-state index is 0.155. The summed E-state index contributed by atoms with van der Waals surface area (Å²) in [6.45, 7) is 5.54. The Morgan fingerprint density at radius 3 is 2.55 bits per heavy atom. The standard InChI is InChI=1S/C17H22O3/c1-4-6-9-14-10-7-8-11-15(14)12-16(13(3)18)17(19)20-5-2/h6-11,16H,4-5,12H2,1-3H3/b9-6-. The average molecular weight is 274 g/mol. The highest BCUT2D eigenvalue weighted by atomic mass is 16.5. The third-order valence-electron chi connectivity index (χ3n) is 3.07. The molecule has 1 atom stereocenters. The number of hydrogen-bond acceptors (Lipinski definition) is 3. The fraction of sp³-hybridized carbons (Fsp3) is 0.412. The Morgan fingerprint density at radius 2 is 1.95 bits per heavy atom. The predicted octanol–water partition coefficient (Wildman–Crippen LogP) is 3.42. The van der Waals surface area contributed by atoms with Gasteiger partial charge in [-0.25, -0.2) is 0 Å². The van der Waals surface area contributed by atoms with Crippen LogP contribution >= 0.6 is 0 Å². The minimum atomic E-state index is -0.717. The van der Waals surface area contributed by atoms with Gasteiger partial charge in [-0.15, -0.1) is 0 Å². The summed E-state index contributed by atoms with van der Waals surface area (Å²) in [4.78, 5) is 23.5. The van der Waals surface area contributed by atoms with Crippen LogP contribution in [0.3, 0.4) is 0 Å². The van der Waals surface area contributed by atoms with Crippen molar-refractivity contribution in [2.75, 3.05) is 6.61 Å². The van der Waals surface area contributed by atoms with E-state index in [0.29, 0.717) is 13.0 Å². The molecule has 0 saturated carbocycles. The second-order valence-corrected chi connectivity index (χ2v) is 4.63. The summed E-state index contributed by atoms with van der Waals surface area (Å²) >= 11 is 0. The summed E-state index contributed by atoms with van der Waals surface area (Å²) in [5.74, 6) is -1.31. The number of carbonyl (C=O) groups excluding carboxylic acids is 2. The van der Waals surface area contributed by atoms with Gasteiger partial charge in [-0.3, -0.25) is 9.59 Å². The van der Waals surface area contributed by atoms with E-state index in [1.807, 2.05) is 30.3 Å². The Kier molecular flexibility index (Phi) is 6.71. The number of ether oxygens (including phenoxy) is 1. The Balaban J connectivity index is 2.96. The first-order valence-electron chi connectivity index (χ1n) is 7.01. The van der Waals surface area contributed by atoms with E-state index >= 15 is 0 Å². The topological polar surface area (TPSA) is 43.4 Å². The third kappa shape index (κ3) is 4.65. The zero-order valence-corrected chi connectivity index (χ0v) is 12.4. The van der Waals surface area contributed by atoms with Gasteiger partial charge in [-0.1, -0.05) is 43.3 Å². The van der Waals surface area contributed by atoms with Gasteiger partial charge in [0.05, 0.1) is 6.61 Å². The summed E-state index contributed by atoms with van der Waals surface area (Å²) in [5, 5.41) is 0. The Hall–Kier alpha value is -1.90. The Bertz CT molecular complexity index is 489. The summed E-state index contributed by atoms with van der Waals surface area (Å²) < 4.78 is 4.98. The summed E-state index contributed by atoms with van der Waals surface area (Å²) in [6, 6.07) is 7.81. The maximum atomic E-state index is 11.9. The fourth-order valence-electron chi connectivity index (χ4n) is 1.98. The predicted molar refractivity (Wildman–Crippen MR) is 80.3 cm³/mol. The van der Waals surface area contributed by atoms with Gasteiger partial charge in [-0.2, -0.15) is 0 Å². The second-order valence-electron chi connectivity index (χ2n) is 4.63. The van der Waals surface area contributed by atoms with Crippen molar-refractivity contribution in [3.63, 3.8) is 0 Å². The van der Waals surface area contributed by atoms with Gasteiger partial charge < -0.3 is 4.74 Å². The zero-order valence-electron chi connectivity index (χ0n) is 12.4. The van der Waals surface area contributed by atoms with Crippen molar-refractivity contribution in [1.82, 2.24) is 0 Å². The van der Waals surface area contributed by atoms with Crippen LogP contribution in [0.2, 0.25) is 0 Å². The molecule has 0 spiro atoms. The third-order valence-corrected chi connectivity index (χ3v) is 3.07. The molecule has 20 heavy (non-hydrogen) atoms. The number of benzene rings is 1. The number of allylic oxidation sites excluding steroid dienone is 1. The molecule has 0 heterocycles. The molecule has 0 N–H and O–H groups in total.